The Bertz CT molecular complexity index is 1030. The van der Waals surface area contributed by atoms with Crippen LogP contribution in [0.1, 0.15) is 29.4 Å². The van der Waals surface area contributed by atoms with Crippen molar-refractivity contribution in [1.82, 2.24) is 25.3 Å². The van der Waals surface area contributed by atoms with Crippen molar-refractivity contribution >= 4 is 34.5 Å². The van der Waals surface area contributed by atoms with Gasteiger partial charge in [0.15, 0.2) is 17.0 Å². The Kier molecular flexibility index (Phi) is 6.54. The number of nitrogens with one attached hydrogen (secondary N) is 1. The molecule has 0 aliphatic carbocycles. The Morgan fingerprint density at radius 1 is 1.23 bits per heavy atom. The van der Waals surface area contributed by atoms with E-state index in [1.807, 2.05) is 31.0 Å². The van der Waals surface area contributed by atoms with Crippen LogP contribution in [0, 0.1) is 0 Å². The molecular weight excluding hydrogens is 388 g/mol. The Balaban J connectivity index is 1.69. The SMILES string of the molecule is CCC(COO)NC(=O)c1ccc(N(C)Cc2cnc3nc(N)nc(N)c3n2)cc1. The number of aromatic nitrogens is 4. The number of rotatable bonds is 8. The fourth-order valence-corrected chi connectivity index (χ4v) is 2.88. The number of nitrogens with two attached hydrogens (primary N) is 2. The molecule has 0 saturated heterocycles. The fraction of sp³-hybridized carbons (Fsp3) is 0.316. The summed E-state index contributed by atoms with van der Waals surface area (Å²) < 4.78 is 0. The highest BCUT2D eigenvalue weighted by Gasteiger charge is 2.14. The lowest BCUT2D eigenvalue weighted by Crippen LogP contribution is -2.37. The Morgan fingerprint density at radius 3 is 2.63 bits per heavy atom. The average Bonchev–Trinajstić information content (AvgIpc) is 2.73. The normalized spacial score (nSPS) is 12.0. The van der Waals surface area contributed by atoms with Crippen LogP contribution in [0.2, 0.25) is 0 Å². The molecule has 30 heavy (non-hydrogen) atoms. The number of carbonyl (C=O) groups excluding carboxylic acids is 1. The number of anilines is 3. The average molecular weight is 412 g/mol. The summed E-state index contributed by atoms with van der Waals surface area (Å²) in [4.78, 5) is 35.1. The Hall–Kier alpha value is -3.57. The van der Waals surface area contributed by atoms with Crippen LogP contribution < -0.4 is 21.7 Å². The van der Waals surface area contributed by atoms with Gasteiger partial charge < -0.3 is 21.7 Å². The largest absolute Gasteiger partial charge is 0.382 e. The molecule has 2 aromatic heterocycles. The summed E-state index contributed by atoms with van der Waals surface area (Å²) in [5.41, 5.74) is 14.3. The summed E-state index contributed by atoms with van der Waals surface area (Å²) in [6, 6.07) is 6.88. The minimum absolute atomic E-state index is 0.0397. The number of nitrogens with zero attached hydrogens (tertiary/aromatic N) is 5. The molecule has 11 nitrogen and oxygen atoms in total. The highest BCUT2D eigenvalue weighted by molar-refractivity contribution is 5.94. The van der Waals surface area contributed by atoms with Gasteiger partial charge in [0.2, 0.25) is 5.95 Å². The quantitative estimate of drug-likeness (QED) is 0.312. The van der Waals surface area contributed by atoms with Crippen molar-refractivity contribution in [3.63, 3.8) is 0 Å². The van der Waals surface area contributed by atoms with Crippen LogP contribution in [0.4, 0.5) is 17.5 Å². The maximum atomic E-state index is 12.3. The van der Waals surface area contributed by atoms with Gasteiger partial charge in [-0.3, -0.25) is 10.1 Å². The smallest absolute Gasteiger partial charge is 0.251 e. The lowest BCUT2D eigenvalue weighted by atomic mass is 10.1. The van der Waals surface area contributed by atoms with Gasteiger partial charge in [-0.25, -0.2) is 14.9 Å². The van der Waals surface area contributed by atoms with Crippen LogP contribution >= 0.6 is 0 Å². The summed E-state index contributed by atoms with van der Waals surface area (Å²) in [5, 5.41) is 11.4. The van der Waals surface area contributed by atoms with Gasteiger partial charge in [0.1, 0.15) is 6.61 Å². The third-order valence-electron chi connectivity index (χ3n) is 4.57. The van der Waals surface area contributed by atoms with Gasteiger partial charge in [0, 0.05) is 18.3 Å². The molecule has 0 spiro atoms. The number of hydrogen-bond acceptors (Lipinski definition) is 10. The third kappa shape index (κ3) is 4.88. The predicted octanol–water partition coefficient (Wildman–Crippen LogP) is 1.22. The van der Waals surface area contributed by atoms with Crippen LogP contribution in [0.25, 0.3) is 11.2 Å². The summed E-state index contributed by atoms with van der Waals surface area (Å²) in [6.45, 7) is 2.40. The summed E-state index contributed by atoms with van der Waals surface area (Å²) >= 11 is 0. The molecule has 1 atom stereocenters. The molecule has 3 rings (SSSR count). The molecule has 0 saturated carbocycles. The molecule has 3 aromatic rings. The molecule has 0 fully saturated rings. The van der Waals surface area contributed by atoms with E-state index in [1.165, 1.54) is 0 Å². The van der Waals surface area contributed by atoms with Crippen LogP contribution in [0.3, 0.4) is 0 Å². The number of nitrogen functional groups attached to an aromatic ring is 2. The lowest BCUT2D eigenvalue weighted by molar-refractivity contribution is -0.246. The highest BCUT2D eigenvalue weighted by Crippen LogP contribution is 2.18. The summed E-state index contributed by atoms with van der Waals surface area (Å²) in [5.74, 6) is 0.00235. The van der Waals surface area contributed by atoms with Gasteiger partial charge in [-0.05, 0) is 30.7 Å². The van der Waals surface area contributed by atoms with E-state index in [4.69, 9.17) is 16.7 Å². The summed E-state index contributed by atoms with van der Waals surface area (Å²) in [7, 11) is 1.90. The minimum Gasteiger partial charge on any atom is -0.382 e. The molecule has 0 radical (unpaired) electrons. The fourth-order valence-electron chi connectivity index (χ4n) is 2.88. The van der Waals surface area contributed by atoms with Crippen molar-refractivity contribution in [2.45, 2.75) is 25.9 Å². The van der Waals surface area contributed by atoms with Crippen molar-refractivity contribution in [3.05, 3.63) is 41.7 Å². The molecule has 0 aliphatic rings. The molecule has 1 aromatic carbocycles. The monoisotopic (exact) mass is 412 g/mol. The second-order valence-corrected chi connectivity index (χ2v) is 6.78. The first kappa shape index (κ1) is 21.1. The van der Waals surface area contributed by atoms with Gasteiger partial charge in [-0.15, -0.1) is 0 Å². The number of carbonyl (C=O) groups is 1. The second-order valence-electron chi connectivity index (χ2n) is 6.78. The van der Waals surface area contributed by atoms with E-state index >= 15 is 0 Å². The molecule has 6 N–H and O–H groups in total. The van der Waals surface area contributed by atoms with E-state index in [0.29, 0.717) is 35.4 Å². The Morgan fingerprint density at radius 2 is 1.97 bits per heavy atom. The predicted molar refractivity (Wildman–Crippen MR) is 113 cm³/mol. The van der Waals surface area contributed by atoms with E-state index in [-0.39, 0.29) is 30.3 Å². The first-order chi connectivity index (χ1) is 14.4. The van der Waals surface area contributed by atoms with Gasteiger partial charge in [0.05, 0.1) is 24.5 Å². The van der Waals surface area contributed by atoms with Crippen molar-refractivity contribution in [3.8, 4) is 0 Å². The zero-order valence-corrected chi connectivity index (χ0v) is 16.7. The van der Waals surface area contributed by atoms with Gasteiger partial charge in [0.25, 0.3) is 5.91 Å². The third-order valence-corrected chi connectivity index (χ3v) is 4.57. The van der Waals surface area contributed by atoms with Crippen LogP contribution in [-0.2, 0) is 11.4 Å². The maximum absolute atomic E-state index is 12.3. The van der Waals surface area contributed by atoms with Gasteiger partial charge in [-0.1, -0.05) is 6.92 Å². The minimum atomic E-state index is -0.261. The number of amides is 1. The van der Waals surface area contributed by atoms with E-state index < -0.39 is 0 Å². The number of hydrogen-bond donors (Lipinski definition) is 4. The van der Waals surface area contributed by atoms with Crippen molar-refractivity contribution in [1.29, 1.82) is 0 Å². The van der Waals surface area contributed by atoms with E-state index in [0.717, 1.165) is 5.69 Å². The molecule has 2 heterocycles. The molecule has 0 aliphatic heterocycles. The van der Waals surface area contributed by atoms with Crippen LogP contribution in [-0.4, -0.2) is 50.8 Å². The van der Waals surface area contributed by atoms with Gasteiger partial charge in [-0.2, -0.15) is 9.97 Å². The van der Waals surface area contributed by atoms with E-state index in [9.17, 15) is 4.79 Å². The first-order valence-corrected chi connectivity index (χ1v) is 9.34. The Labute approximate surface area is 173 Å². The van der Waals surface area contributed by atoms with E-state index in [1.54, 1.807) is 18.3 Å². The second kappa shape index (κ2) is 9.29. The van der Waals surface area contributed by atoms with Crippen molar-refractivity contribution in [2.75, 3.05) is 30.0 Å². The highest BCUT2D eigenvalue weighted by atomic mass is 17.1. The zero-order valence-electron chi connectivity index (χ0n) is 16.7. The standard InChI is InChI=1S/C19H24N8O3/c1-3-12(10-30-29)24-18(28)11-4-6-14(7-5-11)27(2)9-13-8-22-17-15(23-13)16(20)25-19(21)26-17/h4-8,12,29H,3,9-10H2,1-2H3,(H,24,28)(H4,20,21,22,25,26). The molecule has 0 bridgehead atoms. The van der Waals surface area contributed by atoms with Crippen molar-refractivity contribution < 1.29 is 14.9 Å². The topological polar surface area (TPSA) is 165 Å². The number of benzene rings is 1. The molecule has 1 amide bonds. The van der Waals surface area contributed by atoms with Crippen molar-refractivity contribution in [2.24, 2.45) is 0 Å². The van der Waals surface area contributed by atoms with E-state index in [2.05, 4.69) is 30.1 Å². The molecule has 1 unspecified atom stereocenters. The molecule has 11 heteroatoms. The lowest BCUT2D eigenvalue weighted by Gasteiger charge is -2.19. The zero-order chi connectivity index (χ0) is 21.7. The molecular formula is C19H24N8O3. The number of fused-ring (bicyclic) bond motifs is 1. The maximum Gasteiger partial charge on any atom is 0.251 e. The van der Waals surface area contributed by atoms with Crippen LogP contribution in [0.5, 0.6) is 0 Å². The van der Waals surface area contributed by atoms with Gasteiger partial charge >= 0.3 is 0 Å². The summed E-state index contributed by atoms with van der Waals surface area (Å²) in [6.07, 6.45) is 2.25. The molecule has 158 valence electrons. The van der Waals surface area contributed by atoms with Crippen LogP contribution in [0.15, 0.2) is 30.5 Å². The first-order valence-electron chi connectivity index (χ1n) is 9.34.